The van der Waals surface area contributed by atoms with Crippen LogP contribution < -0.4 is 0 Å². The molecule has 6 N–H and O–H groups in total. The van der Waals surface area contributed by atoms with Crippen LogP contribution in [0.15, 0.2) is 18.2 Å². The number of carbonyl (C=O) groups excluding carboxylic acids is 1. The maximum absolute atomic E-state index is 12.3. The van der Waals surface area contributed by atoms with Crippen LogP contribution in [0.5, 0.6) is 0 Å². The molecule has 13 heteroatoms. The number of allylic oxidation sites excluding steroid dienone is 1. The molecule has 12 nitrogen and oxygen atoms in total. The minimum Gasteiger partial charge on any atom is -0.469 e. The lowest BCUT2D eigenvalue weighted by Gasteiger charge is -2.39. The smallest absolute Gasteiger partial charge is 0.305 e. The highest BCUT2D eigenvalue weighted by Gasteiger charge is 2.43. The van der Waals surface area contributed by atoms with Gasteiger partial charge in [0.2, 0.25) is 0 Å². The molecule has 0 spiro atoms. The second kappa shape index (κ2) is 17.9. The molecule has 6 heterocycles. The van der Waals surface area contributed by atoms with Gasteiger partial charge in [0.05, 0.1) is 31.7 Å². The standard InChI is InChI=1S/C43H58N4O8S/c1-9-27-23(4)31-18-35-38(22(3)20-54-13-10-14-56-43-42(52)41(51)40(50)36(19-48)55-43)25(6)33(46-35)17-32-24(5)28(11-12-37(49)53-8)39(47-32)26(7)30-15-21(2)29(44-30)16-34(27)45-31/h15-18,22,24,28,36,40-43,45-46,48,50-52H,9-14,19-20H2,1-8H3/t22?,24-,28-,36+,40+,41-,42+,43-/m0/s1. The van der Waals surface area contributed by atoms with Gasteiger partial charge in [-0.15, -0.1) is 11.8 Å². The van der Waals surface area contributed by atoms with Crippen molar-refractivity contribution in [2.24, 2.45) is 0 Å². The monoisotopic (exact) mass is 790 g/mol. The van der Waals surface area contributed by atoms with Gasteiger partial charge in [0.1, 0.15) is 29.9 Å². The molecular formula is C43H58N4O8S. The number of aliphatic hydroxyl groups is 4. The minimum atomic E-state index is -1.38. The van der Waals surface area contributed by atoms with Gasteiger partial charge in [-0.2, -0.15) is 0 Å². The summed E-state index contributed by atoms with van der Waals surface area (Å²) in [6, 6.07) is 6.52. The number of methoxy groups -OCH3 is 1. The van der Waals surface area contributed by atoms with Crippen LogP contribution in [0.3, 0.4) is 0 Å². The Labute approximate surface area is 333 Å². The van der Waals surface area contributed by atoms with E-state index in [9.17, 15) is 25.2 Å². The van der Waals surface area contributed by atoms with Crippen molar-refractivity contribution < 1.29 is 39.4 Å². The highest BCUT2D eigenvalue weighted by atomic mass is 32.2. The summed E-state index contributed by atoms with van der Waals surface area (Å²) in [6.07, 6.45) is -0.319. The van der Waals surface area contributed by atoms with Gasteiger partial charge in [0, 0.05) is 64.2 Å². The average Bonchev–Trinajstić information content (AvgIpc) is 3.89. The Kier molecular flexibility index (Phi) is 13.5. The Morgan fingerprint density at radius 2 is 1.70 bits per heavy atom. The van der Waals surface area contributed by atoms with Crippen molar-refractivity contribution in [3.8, 4) is 0 Å². The third-order valence-corrected chi connectivity index (χ3v) is 13.0. The highest BCUT2D eigenvalue weighted by Crippen LogP contribution is 2.42. The van der Waals surface area contributed by atoms with E-state index in [4.69, 9.17) is 24.2 Å². The average molecular weight is 791 g/mol. The van der Waals surface area contributed by atoms with Crippen molar-refractivity contribution in [1.82, 2.24) is 19.9 Å². The quantitative estimate of drug-likeness (QED) is 0.0851. The van der Waals surface area contributed by atoms with E-state index >= 15 is 0 Å². The molecule has 3 aromatic rings. The van der Waals surface area contributed by atoms with Crippen molar-refractivity contribution in [3.63, 3.8) is 0 Å². The van der Waals surface area contributed by atoms with Gasteiger partial charge in [-0.05, 0) is 110 Å². The van der Waals surface area contributed by atoms with Crippen LogP contribution in [0.2, 0.25) is 0 Å². The molecule has 1 unspecified atom stereocenters. The molecule has 8 atom stereocenters. The van der Waals surface area contributed by atoms with Crippen molar-refractivity contribution in [2.45, 2.75) is 122 Å². The Hall–Kier alpha value is -3.56. The molecule has 56 heavy (non-hydrogen) atoms. The maximum Gasteiger partial charge on any atom is 0.305 e. The fraction of sp³-hybridized carbons (Fsp3) is 0.558. The predicted octanol–water partition coefficient (Wildman–Crippen LogP) is 6.25. The SMILES string of the molecule is CCc1c(C)c2cc3[nH]c(cc4nc(c(C)c5nc(cc1[nH]2)C(C)=C5)[C@@H](CCC(=O)OC)[C@@H]4C)c(C)c3C(C)COCCCS[C@@H]1O[C@H](CO)[C@@H](O)[C@H](O)[C@H]1O. The largest absolute Gasteiger partial charge is 0.469 e. The summed E-state index contributed by atoms with van der Waals surface area (Å²) in [4.78, 5) is 30.2. The Morgan fingerprint density at radius 3 is 2.41 bits per heavy atom. The van der Waals surface area contributed by atoms with Crippen LogP contribution in [0, 0.1) is 20.8 Å². The van der Waals surface area contributed by atoms with Gasteiger partial charge in [0.25, 0.3) is 0 Å². The fourth-order valence-electron chi connectivity index (χ4n) is 8.34. The summed E-state index contributed by atoms with van der Waals surface area (Å²) in [6.45, 7) is 15.5. The molecule has 3 aliphatic heterocycles. The van der Waals surface area contributed by atoms with E-state index < -0.39 is 36.5 Å². The zero-order valence-corrected chi connectivity index (χ0v) is 34.6. The number of hydrogen-bond acceptors (Lipinski definition) is 11. The van der Waals surface area contributed by atoms with E-state index in [1.165, 1.54) is 30.0 Å². The summed E-state index contributed by atoms with van der Waals surface area (Å²) in [7, 11) is 1.43. The van der Waals surface area contributed by atoms with Gasteiger partial charge in [0.15, 0.2) is 0 Å². The number of rotatable bonds is 13. The van der Waals surface area contributed by atoms with Gasteiger partial charge in [-0.3, -0.25) is 9.78 Å². The van der Waals surface area contributed by atoms with Gasteiger partial charge in [-0.25, -0.2) is 4.98 Å². The number of hydrogen-bond donors (Lipinski definition) is 6. The molecule has 0 saturated carbocycles. The van der Waals surface area contributed by atoms with Crippen LogP contribution in [0.1, 0.15) is 115 Å². The highest BCUT2D eigenvalue weighted by molar-refractivity contribution is 7.99. The summed E-state index contributed by atoms with van der Waals surface area (Å²) in [5.74, 6) is 0.482. The van der Waals surface area contributed by atoms with Crippen LogP contribution in [-0.4, -0.2) is 109 Å². The first-order valence-corrected chi connectivity index (χ1v) is 20.8. The van der Waals surface area contributed by atoms with Crippen LogP contribution >= 0.6 is 11.8 Å². The molecule has 3 aliphatic rings. The second-order valence-corrected chi connectivity index (χ2v) is 16.7. The zero-order valence-electron chi connectivity index (χ0n) is 33.8. The predicted molar refractivity (Wildman–Crippen MR) is 221 cm³/mol. The van der Waals surface area contributed by atoms with Crippen molar-refractivity contribution in [3.05, 3.63) is 68.8 Å². The lowest BCUT2D eigenvalue weighted by Crippen LogP contribution is -2.57. The topological polar surface area (TPSA) is 183 Å². The summed E-state index contributed by atoms with van der Waals surface area (Å²) >= 11 is 1.33. The molecule has 8 bridgehead atoms. The van der Waals surface area contributed by atoms with Crippen LogP contribution in [0.25, 0.3) is 33.7 Å². The molecule has 1 fully saturated rings. The molecule has 0 radical (unpaired) electrons. The van der Waals surface area contributed by atoms with Crippen molar-refractivity contribution in [2.75, 3.05) is 32.7 Å². The summed E-state index contributed by atoms with van der Waals surface area (Å²) in [5.41, 5.74) is 13.8. The van der Waals surface area contributed by atoms with E-state index in [0.717, 1.165) is 73.5 Å². The van der Waals surface area contributed by atoms with Crippen molar-refractivity contribution in [1.29, 1.82) is 0 Å². The number of H-pyrrole nitrogens is 2. The van der Waals surface area contributed by atoms with E-state index in [2.05, 4.69) is 82.7 Å². The van der Waals surface area contributed by atoms with Gasteiger partial charge >= 0.3 is 5.97 Å². The number of fused-ring (bicyclic) bond motifs is 8. The molecule has 1 saturated heterocycles. The first-order valence-electron chi connectivity index (χ1n) is 19.8. The molecule has 0 aliphatic carbocycles. The number of esters is 1. The second-order valence-electron chi connectivity index (χ2n) is 15.5. The molecular weight excluding hydrogens is 733 g/mol. The van der Waals surface area contributed by atoms with Crippen molar-refractivity contribution >= 4 is 51.4 Å². The molecule has 304 valence electrons. The van der Waals surface area contributed by atoms with Crippen LogP contribution in [0.4, 0.5) is 0 Å². The normalized spacial score (nSPS) is 24.3. The zero-order chi connectivity index (χ0) is 40.4. The van der Waals surface area contributed by atoms with E-state index in [1.807, 2.05) is 0 Å². The molecule has 3 aromatic heterocycles. The summed E-state index contributed by atoms with van der Waals surface area (Å²) in [5, 5.41) is 40.1. The molecule has 0 amide bonds. The number of carbonyl (C=O) groups is 1. The third-order valence-electron chi connectivity index (χ3n) is 11.8. The van der Waals surface area contributed by atoms with E-state index in [1.54, 1.807) is 0 Å². The van der Waals surface area contributed by atoms with Crippen LogP contribution in [-0.2, 0) is 25.4 Å². The first-order chi connectivity index (χ1) is 26.8. The Balaban J connectivity index is 1.35. The molecule has 0 aromatic carbocycles. The Bertz CT molecular complexity index is 2110. The number of aromatic amines is 2. The first kappa shape index (κ1) is 42.1. The number of nitrogens with zero attached hydrogens (tertiary/aromatic N) is 2. The number of nitrogens with one attached hydrogen (secondary N) is 2. The van der Waals surface area contributed by atoms with E-state index in [0.29, 0.717) is 38.2 Å². The Morgan fingerprint density at radius 1 is 0.964 bits per heavy atom. The van der Waals surface area contributed by atoms with E-state index in [-0.39, 0.29) is 23.7 Å². The lowest BCUT2D eigenvalue weighted by atomic mass is 9.86. The third kappa shape index (κ3) is 8.50. The number of aromatic nitrogens is 4. The number of aryl methyl sites for hydroxylation is 3. The minimum absolute atomic E-state index is 0.0207. The van der Waals surface area contributed by atoms with Gasteiger partial charge in [-0.1, -0.05) is 20.8 Å². The number of aliphatic hydroxyl groups excluding tert-OH is 4. The van der Waals surface area contributed by atoms with Gasteiger partial charge < -0.3 is 44.6 Å². The lowest BCUT2D eigenvalue weighted by molar-refractivity contribution is -0.205. The molecule has 6 rings (SSSR count). The fourth-order valence-corrected chi connectivity index (χ4v) is 9.44. The summed E-state index contributed by atoms with van der Waals surface area (Å²) < 4.78 is 16.9. The maximum atomic E-state index is 12.3. The number of thioether (sulfide) groups is 1. The number of ether oxygens (including phenoxy) is 3.